The summed E-state index contributed by atoms with van der Waals surface area (Å²) < 4.78 is 7.05. The van der Waals surface area contributed by atoms with Gasteiger partial charge in [-0.3, -0.25) is 13.5 Å². The average molecular weight is 777 g/mol. The van der Waals surface area contributed by atoms with E-state index in [1.807, 2.05) is 0 Å². The molecule has 0 spiro atoms. The van der Waals surface area contributed by atoms with E-state index in [0.29, 0.717) is 0 Å². The molecule has 0 bridgehead atoms. The number of hydrogen-bond acceptors (Lipinski definition) is 1. The van der Waals surface area contributed by atoms with Crippen LogP contribution in [0, 0.1) is 0 Å². The smallest absolute Gasteiger partial charge is 0.221 e. The number of imidazole rings is 2. The molecule has 0 radical (unpaired) electrons. The Morgan fingerprint density at radius 1 is 0.295 bits per heavy atom. The third-order valence-electron chi connectivity index (χ3n) is 12.6. The van der Waals surface area contributed by atoms with Gasteiger partial charge in [-0.2, -0.15) is 0 Å². The summed E-state index contributed by atoms with van der Waals surface area (Å²) in [6, 6.07) is 79.1. The first-order chi connectivity index (χ1) is 30.3. The molecular weight excluding hydrogens is 741 g/mol. The van der Waals surface area contributed by atoms with E-state index >= 15 is 0 Å². The molecule has 0 fully saturated rings. The van der Waals surface area contributed by atoms with Crippen LogP contribution in [0.1, 0.15) is 0 Å². The first kappa shape index (κ1) is 33.7. The summed E-state index contributed by atoms with van der Waals surface area (Å²) in [4.78, 5) is 5.42. The minimum absolute atomic E-state index is 0.888. The zero-order chi connectivity index (χ0) is 40.0. The Morgan fingerprint density at radius 2 is 0.754 bits per heavy atom. The monoisotopic (exact) mass is 776 g/mol. The number of rotatable bonds is 5. The van der Waals surface area contributed by atoms with Crippen LogP contribution in [-0.2, 0) is 0 Å². The van der Waals surface area contributed by atoms with E-state index in [1.165, 1.54) is 60.0 Å². The van der Waals surface area contributed by atoms with Crippen molar-refractivity contribution >= 4 is 71.2 Å². The average Bonchev–Trinajstić information content (AvgIpc) is 3.98. The Kier molecular flexibility index (Phi) is 7.27. The summed E-state index contributed by atoms with van der Waals surface area (Å²) in [5, 5.41) is 8.92. The summed E-state index contributed by atoms with van der Waals surface area (Å²) in [6.45, 7) is 0. The fraction of sp³-hybridized carbons (Fsp3) is 0. The van der Waals surface area contributed by atoms with Crippen molar-refractivity contribution in [1.29, 1.82) is 0 Å². The lowest BCUT2D eigenvalue weighted by molar-refractivity contribution is 1.09. The number of benzene rings is 10. The van der Waals surface area contributed by atoms with Gasteiger partial charge in [-0.15, -0.1) is 0 Å². The first-order valence-corrected chi connectivity index (χ1v) is 20.9. The molecule has 4 heteroatoms. The summed E-state index contributed by atoms with van der Waals surface area (Å²) in [5.41, 5.74) is 14.7. The molecule has 13 rings (SSSR count). The molecule has 0 N–H and O–H groups in total. The zero-order valence-electron chi connectivity index (χ0n) is 33.1. The van der Waals surface area contributed by atoms with Crippen molar-refractivity contribution in [2.24, 2.45) is 0 Å². The Balaban J connectivity index is 0.940. The first-order valence-electron chi connectivity index (χ1n) is 20.9. The standard InChI is InChI=1S/C57H36N4/c1-3-19-43(20-4-1)59-53-28-12-11-27-50(53)55-56(59)61-54-32-30-42(36-52(54)58-57(61)60(55)44-21-5-2-6-22-44)40-18-14-16-38(34-40)37-15-13-17-39(33-37)41-29-31-49-47-25-8-7-23-45(47)46-24-9-10-26-48(46)51(49)35-41/h1-36H. The molecule has 3 aromatic heterocycles. The van der Waals surface area contributed by atoms with Crippen LogP contribution in [0.5, 0.6) is 0 Å². The molecule has 0 atom stereocenters. The van der Waals surface area contributed by atoms with Crippen LogP contribution in [0.2, 0.25) is 0 Å². The molecule has 0 saturated carbocycles. The Labute approximate surface area is 351 Å². The lowest BCUT2D eigenvalue weighted by atomic mass is 9.91. The maximum absolute atomic E-state index is 5.42. The van der Waals surface area contributed by atoms with Gasteiger partial charge < -0.3 is 0 Å². The quantitative estimate of drug-likeness (QED) is 0.160. The normalized spacial score (nSPS) is 11.9. The van der Waals surface area contributed by atoms with Gasteiger partial charge in [0, 0.05) is 16.8 Å². The summed E-state index contributed by atoms with van der Waals surface area (Å²) >= 11 is 0. The van der Waals surface area contributed by atoms with E-state index in [1.54, 1.807) is 0 Å². The van der Waals surface area contributed by atoms with Gasteiger partial charge in [0.05, 0.1) is 16.6 Å². The zero-order valence-corrected chi connectivity index (χ0v) is 33.1. The lowest BCUT2D eigenvalue weighted by Crippen LogP contribution is -1.97. The van der Waals surface area contributed by atoms with Crippen molar-refractivity contribution in [3.8, 4) is 44.8 Å². The Bertz CT molecular complexity index is 3830. The largest absolute Gasteiger partial charge is 0.294 e. The molecule has 0 unspecified atom stereocenters. The molecule has 10 aromatic carbocycles. The number of nitrogens with zero attached hydrogens (tertiary/aromatic N) is 4. The fourth-order valence-electron chi connectivity index (χ4n) is 9.85. The van der Waals surface area contributed by atoms with Crippen LogP contribution < -0.4 is 0 Å². The third-order valence-corrected chi connectivity index (χ3v) is 12.6. The molecule has 0 amide bonds. The van der Waals surface area contributed by atoms with Crippen LogP contribution >= 0.6 is 0 Å². The highest BCUT2D eigenvalue weighted by atomic mass is 15.3. The van der Waals surface area contributed by atoms with Crippen molar-refractivity contribution in [2.75, 3.05) is 0 Å². The molecule has 13 aromatic rings. The van der Waals surface area contributed by atoms with E-state index in [4.69, 9.17) is 4.98 Å². The van der Waals surface area contributed by atoms with Gasteiger partial charge in [0.1, 0.15) is 5.52 Å². The van der Waals surface area contributed by atoms with E-state index < -0.39 is 0 Å². The molecule has 0 aliphatic rings. The van der Waals surface area contributed by atoms with Crippen LogP contribution in [-0.4, -0.2) is 18.5 Å². The van der Waals surface area contributed by atoms with Crippen LogP contribution in [0.3, 0.4) is 0 Å². The molecular formula is C57H36N4. The van der Waals surface area contributed by atoms with E-state index in [2.05, 4.69) is 232 Å². The minimum Gasteiger partial charge on any atom is -0.294 e. The highest BCUT2D eigenvalue weighted by Gasteiger charge is 2.25. The molecule has 4 nitrogen and oxygen atoms in total. The number of hydrogen-bond donors (Lipinski definition) is 0. The highest BCUT2D eigenvalue weighted by molar-refractivity contribution is 6.25. The minimum atomic E-state index is 0.888. The van der Waals surface area contributed by atoms with Crippen molar-refractivity contribution < 1.29 is 0 Å². The summed E-state index contributed by atoms with van der Waals surface area (Å²) in [5.74, 6) is 0.888. The van der Waals surface area contributed by atoms with Gasteiger partial charge in [-0.05, 0) is 126 Å². The van der Waals surface area contributed by atoms with E-state index in [0.717, 1.165) is 56.0 Å². The maximum atomic E-state index is 5.42. The lowest BCUT2D eigenvalue weighted by Gasteiger charge is -2.13. The van der Waals surface area contributed by atoms with Gasteiger partial charge in [0.25, 0.3) is 0 Å². The molecule has 3 heterocycles. The van der Waals surface area contributed by atoms with E-state index in [-0.39, 0.29) is 0 Å². The number of para-hydroxylation sites is 3. The number of fused-ring (bicyclic) bond motifs is 13. The maximum Gasteiger partial charge on any atom is 0.221 e. The number of aromatic nitrogens is 4. The van der Waals surface area contributed by atoms with Crippen molar-refractivity contribution in [2.45, 2.75) is 0 Å². The third kappa shape index (κ3) is 5.09. The van der Waals surface area contributed by atoms with Crippen LogP contribution in [0.25, 0.3) is 116 Å². The second-order valence-corrected chi connectivity index (χ2v) is 16.0. The Morgan fingerprint density at radius 3 is 1.36 bits per heavy atom. The molecule has 0 aliphatic carbocycles. The van der Waals surface area contributed by atoms with Crippen molar-refractivity contribution in [3.05, 3.63) is 218 Å². The summed E-state index contributed by atoms with van der Waals surface area (Å²) in [6.07, 6.45) is 0. The Hall–Kier alpha value is -8.21. The molecule has 284 valence electrons. The second-order valence-electron chi connectivity index (χ2n) is 16.0. The van der Waals surface area contributed by atoms with Crippen LogP contribution in [0.15, 0.2) is 218 Å². The van der Waals surface area contributed by atoms with Gasteiger partial charge in [0.15, 0.2) is 5.65 Å². The topological polar surface area (TPSA) is 27.2 Å². The van der Waals surface area contributed by atoms with Crippen molar-refractivity contribution in [3.63, 3.8) is 0 Å². The van der Waals surface area contributed by atoms with Gasteiger partial charge in [-0.25, -0.2) is 4.98 Å². The summed E-state index contributed by atoms with van der Waals surface area (Å²) in [7, 11) is 0. The van der Waals surface area contributed by atoms with Crippen molar-refractivity contribution in [1.82, 2.24) is 18.5 Å². The SMILES string of the molecule is c1ccc(-n2c3c4ccccc4n(-c4ccccc4)c3n3c4ccc(-c5cccc(-c6cccc(-c7ccc8c9ccccc9c9ccccc9c8c7)c6)c5)cc4nc23)cc1. The predicted molar refractivity (Wildman–Crippen MR) is 255 cm³/mol. The highest BCUT2D eigenvalue weighted by Crippen LogP contribution is 2.40. The second kappa shape index (κ2) is 13.2. The fourth-order valence-corrected chi connectivity index (χ4v) is 9.85. The van der Waals surface area contributed by atoms with E-state index in [9.17, 15) is 0 Å². The van der Waals surface area contributed by atoms with Gasteiger partial charge >= 0.3 is 0 Å². The molecule has 0 saturated heterocycles. The molecule has 61 heavy (non-hydrogen) atoms. The van der Waals surface area contributed by atoms with Gasteiger partial charge in [-0.1, -0.05) is 158 Å². The predicted octanol–water partition coefficient (Wildman–Crippen LogP) is 14.8. The van der Waals surface area contributed by atoms with Crippen LogP contribution in [0.4, 0.5) is 0 Å². The van der Waals surface area contributed by atoms with Gasteiger partial charge in [0.2, 0.25) is 5.78 Å². The molecule has 0 aliphatic heterocycles.